The van der Waals surface area contributed by atoms with Crippen molar-refractivity contribution in [2.24, 2.45) is 5.41 Å². The minimum absolute atomic E-state index is 0.0232. The molecule has 10 heteroatoms. The number of benzene rings is 1. The third-order valence-corrected chi connectivity index (χ3v) is 5.27. The van der Waals surface area contributed by atoms with Crippen molar-refractivity contribution in [1.29, 1.82) is 0 Å². The maximum atomic E-state index is 12.5. The molecule has 0 atom stereocenters. The molecule has 0 radical (unpaired) electrons. The van der Waals surface area contributed by atoms with Crippen molar-refractivity contribution in [3.63, 3.8) is 0 Å². The number of Topliss-reactive ketones (excluding diaryl/α,β-unsaturated/α-hetero) is 1. The standard InChI is InChI=1S/C23H31N7O3/c1-5-6-11-25-21-28-18(24)17-19(29-21)30(22(33)27-17)13-14-7-9-15(10-8-14)20(32)26-12-16(31)23(2,3)4/h7-10H,5-6,11-13H2,1-4H3,(H,26,32)(H,27,33)(H3,24,25,28,29). The largest absolute Gasteiger partial charge is 0.382 e. The third-order valence-electron chi connectivity index (χ3n) is 5.27. The van der Waals surface area contributed by atoms with Crippen molar-refractivity contribution >= 4 is 34.6 Å². The second kappa shape index (κ2) is 9.85. The second-order valence-corrected chi connectivity index (χ2v) is 8.98. The maximum Gasteiger partial charge on any atom is 0.328 e. The van der Waals surface area contributed by atoms with E-state index in [0.717, 1.165) is 18.4 Å². The van der Waals surface area contributed by atoms with Gasteiger partial charge >= 0.3 is 5.69 Å². The molecule has 5 N–H and O–H groups in total. The number of aromatic nitrogens is 4. The monoisotopic (exact) mass is 453 g/mol. The van der Waals surface area contributed by atoms with Crippen LogP contribution in [0, 0.1) is 5.41 Å². The third kappa shape index (κ3) is 5.76. The van der Waals surface area contributed by atoms with Gasteiger partial charge in [0.1, 0.15) is 5.52 Å². The van der Waals surface area contributed by atoms with Crippen LogP contribution >= 0.6 is 0 Å². The van der Waals surface area contributed by atoms with Gasteiger partial charge in [0.25, 0.3) is 5.91 Å². The summed E-state index contributed by atoms with van der Waals surface area (Å²) in [6, 6.07) is 6.84. The summed E-state index contributed by atoms with van der Waals surface area (Å²) in [5, 5.41) is 5.78. The summed E-state index contributed by atoms with van der Waals surface area (Å²) in [4.78, 5) is 48.3. The molecule has 10 nitrogen and oxygen atoms in total. The van der Waals surface area contributed by atoms with Crippen LogP contribution in [0.2, 0.25) is 0 Å². The van der Waals surface area contributed by atoms with Crippen molar-refractivity contribution in [2.75, 3.05) is 24.1 Å². The number of H-pyrrole nitrogens is 1. The molecule has 33 heavy (non-hydrogen) atoms. The Morgan fingerprint density at radius 2 is 1.85 bits per heavy atom. The van der Waals surface area contributed by atoms with Gasteiger partial charge in [-0.05, 0) is 24.1 Å². The predicted molar refractivity (Wildman–Crippen MR) is 128 cm³/mol. The first-order valence-electron chi connectivity index (χ1n) is 11.0. The lowest BCUT2D eigenvalue weighted by atomic mass is 9.91. The van der Waals surface area contributed by atoms with Crippen LogP contribution in [0.1, 0.15) is 56.5 Å². The van der Waals surface area contributed by atoms with Gasteiger partial charge in [-0.2, -0.15) is 9.97 Å². The molecule has 0 unspecified atom stereocenters. The summed E-state index contributed by atoms with van der Waals surface area (Å²) in [6.45, 7) is 8.45. The Balaban J connectivity index is 1.76. The maximum absolute atomic E-state index is 12.5. The Morgan fingerprint density at radius 3 is 2.48 bits per heavy atom. The molecule has 0 saturated heterocycles. The first kappa shape index (κ1) is 24.0. The van der Waals surface area contributed by atoms with Crippen molar-refractivity contribution in [1.82, 2.24) is 24.8 Å². The molecule has 176 valence electrons. The number of carbonyl (C=O) groups is 2. The predicted octanol–water partition coefficient (Wildman–Crippen LogP) is 2.31. The number of unbranched alkanes of at least 4 members (excludes halogenated alkanes) is 1. The molecule has 0 saturated carbocycles. The molecule has 2 heterocycles. The van der Waals surface area contributed by atoms with Gasteiger partial charge in [-0.25, -0.2) is 4.79 Å². The number of amides is 1. The van der Waals surface area contributed by atoms with Crippen LogP contribution in [0.5, 0.6) is 0 Å². The van der Waals surface area contributed by atoms with Gasteiger partial charge < -0.3 is 21.4 Å². The summed E-state index contributed by atoms with van der Waals surface area (Å²) in [6.07, 6.45) is 1.99. The van der Waals surface area contributed by atoms with Gasteiger partial charge in [0.2, 0.25) is 5.95 Å². The van der Waals surface area contributed by atoms with Gasteiger partial charge in [0, 0.05) is 17.5 Å². The molecule has 3 rings (SSSR count). The fourth-order valence-corrected chi connectivity index (χ4v) is 3.13. The first-order valence-corrected chi connectivity index (χ1v) is 11.0. The summed E-state index contributed by atoms with van der Waals surface area (Å²) >= 11 is 0. The zero-order valence-electron chi connectivity index (χ0n) is 19.5. The quantitative estimate of drug-likeness (QED) is 0.363. The number of nitrogens with zero attached hydrogens (tertiary/aromatic N) is 3. The van der Waals surface area contributed by atoms with Gasteiger partial charge in [0.05, 0.1) is 13.1 Å². The van der Waals surface area contributed by atoms with Crippen LogP contribution in [0.15, 0.2) is 29.1 Å². The number of anilines is 2. The molecule has 1 aromatic carbocycles. The van der Waals surface area contributed by atoms with Crippen molar-refractivity contribution in [3.8, 4) is 0 Å². The fraction of sp³-hybridized carbons (Fsp3) is 0.435. The molecular weight excluding hydrogens is 422 g/mol. The zero-order valence-corrected chi connectivity index (χ0v) is 19.5. The topological polar surface area (TPSA) is 148 Å². The van der Waals surface area contributed by atoms with E-state index in [1.807, 2.05) is 20.8 Å². The number of fused-ring (bicyclic) bond motifs is 1. The van der Waals surface area contributed by atoms with Crippen LogP contribution in [0.25, 0.3) is 11.2 Å². The molecule has 0 spiro atoms. The smallest absolute Gasteiger partial charge is 0.328 e. The first-order chi connectivity index (χ1) is 15.6. The number of imidazole rings is 1. The second-order valence-electron chi connectivity index (χ2n) is 8.98. The Labute approximate surface area is 192 Å². The summed E-state index contributed by atoms with van der Waals surface area (Å²) in [5.74, 6) is 0.201. The SMILES string of the molecule is CCCCNc1nc(N)c2[nH]c(=O)n(Cc3ccc(C(=O)NCC(=O)C(C)(C)C)cc3)c2n1. The molecule has 0 aliphatic rings. The minimum atomic E-state index is -0.512. The van der Waals surface area contributed by atoms with Crippen molar-refractivity contribution in [2.45, 2.75) is 47.1 Å². The van der Waals surface area contributed by atoms with E-state index in [9.17, 15) is 14.4 Å². The van der Waals surface area contributed by atoms with E-state index < -0.39 is 5.41 Å². The van der Waals surface area contributed by atoms with Crippen LogP contribution in [-0.2, 0) is 11.3 Å². The van der Waals surface area contributed by atoms with Crippen molar-refractivity contribution in [3.05, 3.63) is 45.9 Å². The average Bonchev–Trinajstić information content (AvgIpc) is 3.07. The Hall–Kier alpha value is -3.69. The van der Waals surface area contributed by atoms with E-state index in [2.05, 4.69) is 32.5 Å². The Bertz CT molecular complexity index is 1200. The molecule has 1 amide bonds. The number of rotatable bonds is 9. The summed E-state index contributed by atoms with van der Waals surface area (Å²) < 4.78 is 1.48. The lowest BCUT2D eigenvalue weighted by Crippen LogP contribution is -2.35. The molecule has 2 aromatic heterocycles. The van der Waals surface area contributed by atoms with E-state index in [1.54, 1.807) is 24.3 Å². The highest BCUT2D eigenvalue weighted by molar-refractivity contribution is 5.97. The highest BCUT2D eigenvalue weighted by atomic mass is 16.2. The zero-order chi connectivity index (χ0) is 24.2. The van der Waals surface area contributed by atoms with Crippen LogP contribution in [0.3, 0.4) is 0 Å². The van der Waals surface area contributed by atoms with E-state index in [0.29, 0.717) is 29.2 Å². The number of aromatic amines is 1. The highest BCUT2D eigenvalue weighted by Crippen LogP contribution is 2.18. The van der Waals surface area contributed by atoms with Crippen LogP contribution < -0.4 is 22.1 Å². The molecule has 0 fully saturated rings. The van der Waals surface area contributed by atoms with Crippen molar-refractivity contribution < 1.29 is 9.59 Å². The number of carbonyl (C=O) groups excluding carboxylic acids is 2. The Morgan fingerprint density at radius 1 is 1.15 bits per heavy atom. The lowest BCUT2D eigenvalue weighted by Gasteiger charge is -2.16. The number of hydrogen-bond acceptors (Lipinski definition) is 7. The lowest BCUT2D eigenvalue weighted by molar-refractivity contribution is -0.125. The average molecular weight is 454 g/mol. The number of ketones is 1. The highest BCUT2D eigenvalue weighted by Gasteiger charge is 2.21. The normalized spacial score (nSPS) is 11.5. The number of nitrogens with one attached hydrogen (secondary N) is 3. The Kier molecular flexibility index (Phi) is 7.15. The van der Waals surface area contributed by atoms with E-state index >= 15 is 0 Å². The minimum Gasteiger partial charge on any atom is -0.382 e. The van der Waals surface area contributed by atoms with Gasteiger partial charge in [0.15, 0.2) is 17.2 Å². The van der Waals surface area contributed by atoms with E-state index in [1.165, 1.54) is 4.57 Å². The van der Waals surface area contributed by atoms with Gasteiger partial charge in [-0.1, -0.05) is 46.2 Å². The molecule has 0 aliphatic carbocycles. The number of nitrogens with two attached hydrogens (primary N) is 1. The van der Waals surface area contributed by atoms with E-state index in [4.69, 9.17) is 5.73 Å². The molecule has 0 aliphatic heterocycles. The molecular formula is C23H31N7O3. The number of hydrogen-bond donors (Lipinski definition) is 4. The summed E-state index contributed by atoms with van der Waals surface area (Å²) in [7, 11) is 0. The molecule has 0 bridgehead atoms. The molecule has 3 aromatic rings. The number of nitrogen functional groups attached to an aromatic ring is 1. The van der Waals surface area contributed by atoms with Crippen LogP contribution in [-0.4, -0.2) is 44.3 Å². The van der Waals surface area contributed by atoms with Crippen LogP contribution in [0.4, 0.5) is 11.8 Å². The van der Waals surface area contributed by atoms with Gasteiger partial charge in [-0.15, -0.1) is 0 Å². The van der Waals surface area contributed by atoms with Gasteiger partial charge in [-0.3, -0.25) is 14.2 Å². The van der Waals surface area contributed by atoms with E-state index in [-0.39, 0.29) is 36.3 Å². The fourth-order valence-electron chi connectivity index (χ4n) is 3.13. The summed E-state index contributed by atoms with van der Waals surface area (Å²) in [5.41, 5.74) is 7.20.